The lowest BCUT2D eigenvalue weighted by Crippen LogP contribution is -2.56. The predicted octanol–water partition coefficient (Wildman–Crippen LogP) is 4.10. The van der Waals surface area contributed by atoms with Crippen molar-refractivity contribution in [2.75, 3.05) is 13.2 Å². The Hall–Kier alpha value is -3.19. The molecule has 0 spiro atoms. The van der Waals surface area contributed by atoms with Crippen LogP contribution in [0.1, 0.15) is 23.1 Å². The Kier molecular flexibility index (Phi) is 5.31. The van der Waals surface area contributed by atoms with Crippen molar-refractivity contribution in [2.24, 2.45) is 0 Å². The lowest BCUT2D eigenvalue weighted by atomic mass is 9.89. The van der Waals surface area contributed by atoms with Crippen LogP contribution in [-0.4, -0.2) is 41.2 Å². The highest BCUT2D eigenvalue weighted by molar-refractivity contribution is 5.75. The summed E-state index contributed by atoms with van der Waals surface area (Å²) < 4.78 is 11.2. The molecule has 7 nitrogen and oxygen atoms in total. The molecule has 29 heavy (non-hydrogen) atoms. The fraction of sp³-hybridized carbons (Fsp3) is 0.318. The zero-order valence-electron chi connectivity index (χ0n) is 16.1. The Bertz CT molecular complexity index is 957. The van der Waals surface area contributed by atoms with Gasteiger partial charge in [-0.15, -0.1) is 0 Å². The van der Waals surface area contributed by atoms with Gasteiger partial charge in [-0.2, -0.15) is 0 Å². The number of carbonyl (C=O) groups is 1. The smallest absolute Gasteiger partial charge is 0.411 e. The molecule has 1 fully saturated rings. The van der Waals surface area contributed by atoms with Gasteiger partial charge in [-0.25, -0.2) is 4.79 Å². The molecule has 2 bridgehead atoms. The highest BCUT2D eigenvalue weighted by Gasteiger charge is 2.39. The number of nitro groups is 1. The standard InChI is InChI=1S/C22H22N2O5/c1-15-7-8-17(11-21(15)24(26)27)18-9-19-13-28-14-20(10-18)23(19)22(25)29-12-16-5-3-2-4-6-16/h2-9,11,19-20H,10,12-14H2,1H3. The maximum absolute atomic E-state index is 12.7. The van der Waals surface area contributed by atoms with Gasteiger partial charge in [0, 0.05) is 11.6 Å². The first kappa shape index (κ1) is 19.1. The first-order chi connectivity index (χ1) is 14.0. The van der Waals surface area contributed by atoms with E-state index in [1.807, 2.05) is 42.5 Å². The van der Waals surface area contributed by atoms with E-state index in [1.54, 1.807) is 24.0 Å². The Morgan fingerprint density at radius 2 is 2.03 bits per heavy atom. The van der Waals surface area contributed by atoms with Crippen molar-refractivity contribution < 1.29 is 19.2 Å². The van der Waals surface area contributed by atoms with Gasteiger partial charge < -0.3 is 9.47 Å². The molecule has 2 aromatic rings. The van der Waals surface area contributed by atoms with Crippen LogP contribution in [0.15, 0.2) is 54.6 Å². The minimum Gasteiger partial charge on any atom is -0.445 e. The lowest BCUT2D eigenvalue weighted by Gasteiger charge is -2.43. The molecule has 0 N–H and O–H groups in total. The van der Waals surface area contributed by atoms with E-state index in [-0.39, 0.29) is 35.4 Å². The highest BCUT2D eigenvalue weighted by Crippen LogP contribution is 2.34. The number of nitrogens with zero attached hydrogens (tertiary/aromatic N) is 2. The van der Waals surface area contributed by atoms with Crippen molar-refractivity contribution in [1.29, 1.82) is 0 Å². The number of rotatable bonds is 4. The van der Waals surface area contributed by atoms with E-state index in [4.69, 9.17) is 9.47 Å². The van der Waals surface area contributed by atoms with Crippen LogP contribution in [0.4, 0.5) is 10.5 Å². The number of fused-ring (bicyclic) bond motifs is 2. The second kappa shape index (κ2) is 8.05. The molecule has 4 rings (SSSR count). The topological polar surface area (TPSA) is 81.9 Å². The van der Waals surface area contributed by atoms with Crippen LogP contribution in [-0.2, 0) is 16.1 Å². The van der Waals surface area contributed by atoms with Gasteiger partial charge in [-0.1, -0.05) is 48.5 Å². The van der Waals surface area contributed by atoms with Crippen molar-refractivity contribution >= 4 is 17.4 Å². The summed E-state index contributed by atoms with van der Waals surface area (Å²) in [5.41, 5.74) is 3.48. The van der Waals surface area contributed by atoms with E-state index >= 15 is 0 Å². The third kappa shape index (κ3) is 4.00. The molecule has 0 saturated carbocycles. The molecule has 150 valence electrons. The van der Waals surface area contributed by atoms with E-state index < -0.39 is 0 Å². The van der Waals surface area contributed by atoms with Crippen molar-refractivity contribution in [2.45, 2.75) is 32.0 Å². The average Bonchev–Trinajstić information content (AvgIpc) is 2.72. The minimum absolute atomic E-state index is 0.106. The number of hydrogen-bond donors (Lipinski definition) is 0. The summed E-state index contributed by atoms with van der Waals surface area (Å²) in [6.45, 7) is 2.75. The molecule has 7 heteroatoms. The fourth-order valence-corrected chi connectivity index (χ4v) is 3.89. The fourth-order valence-electron chi connectivity index (χ4n) is 3.89. The Labute approximate surface area is 168 Å². The summed E-state index contributed by atoms with van der Waals surface area (Å²) in [4.78, 5) is 25.4. The molecule has 2 aliphatic rings. The summed E-state index contributed by atoms with van der Waals surface area (Å²) in [7, 11) is 0. The van der Waals surface area contributed by atoms with Crippen LogP contribution in [0.2, 0.25) is 0 Å². The van der Waals surface area contributed by atoms with Gasteiger partial charge in [0.2, 0.25) is 0 Å². The number of amides is 1. The number of benzene rings is 2. The summed E-state index contributed by atoms with van der Waals surface area (Å²) in [5, 5.41) is 11.3. The number of nitro benzene ring substituents is 1. The molecule has 2 unspecified atom stereocenters. The lowest BCUT2D eigenvalue weighted by molar-refractivity contribution is -0.385. The van der Waals surface area contributed by atoms with Crippen molar-refractivity contribution in [3.63, 3.8) is 0 Å². The first-order valence-corrected chi connectivity index (χ1v) is 9.56. The summed E-state index contributed by atoms with van der Waals surface area (Å²) in [6, 6.07) is 14.4. The average molecular weight is 394 g/mol. The summed E-state index contributed by atoms with van der Waals surface area (Å²) in [6.07, 6.45) is 2.17. The van der Waals surface area contributed by atoms with Crippen LogP contribution < -0.4 is 0 Å². The van der Waals surface area contributed by atoms with Gasteiger partial charge in [0.15, 0.2) is 0 Å². The highest BCUT2D eigenvalue weighted by atomic mass is 16.6. The minimum atomic E-state index is -0.364. The first-order valence-electron chi connectivity index (χ1n) is 9.56. The van der Waals surface area contributed by atoms with Gasteiger partial charge >= 0.3 is 6.09 Å². The van der Waals surface area contributed by atoms with Crippen LogP contribution in [0.5, 0.6) is 0 Å². The molecule has 1 saturated heterocycles. The maximum Gasteiger partial charge on any atom is 0.411 e. The second-order valence-corrected chi connectivity index (χ2v) is 7.36. The molecule has 0 aliphatic carbocycles. The largest absolute Gasteiger partial charge is 0.445 e. The van der Waals surface area contributed by atoms with Gasteiger partial charge in [-0.05, 0) is 30.0 Å². The normalized spacial score (nSPS) is 20.7. The van der Waals surface area contributed by atoms with Crippen LogP contribution in [0, 0.1) is 17.0 Å². The molecule has 2 aromatic carbocycles. The number of ether oxygens (including phenoxy) is 2. The second-order valence-electron chi connectivity index (χ2n) is 7.36. The van der Waals surface area contributed by atoms with Gasteiger partial charge in [0.25, 0.3) is 5.69 Å². The quantitative estimate of drug-likeness (QED) is 0.576. The molecular formula is C22H22N2O5. The Morgan fingerprint density at radius 1 is 1.24 bits per heavy atom. The zero-order chi connectivity index (χ0) is 20.4. The van der Waals surface area contributed by atoms with E-state index in [0.717, 1.165) is 16.7 Å². The summed E-state index contributed by atoms with van der Waals surface area (Å²) in [5.74, 6) is 0. The molecular weight excluding hydrogens is 372 g/mol. The SMILES string of the molecule is Cc1ccc(C2=CC3COCC(C2)N3C(=O)OCc2ccccc2)cc1[N+](=O)[O-]. The molecule has 1 amide bonds. The van der Waals surface area contributed by atoms with E-state index in [9.17, 15) is 14.9 Å². The monoisotopic (exact) mass is 394 g/mol. The van der Waals surface area contributed by atoms with Crippen LogP contribution in [0.25, 0.3) is 5.57 Å². The summed E-state index contributed by atoms with van der Waals surface area (Å²) >= 11 is 0. The van der Waals surface area contributed by atoms with Crippen LogP contribution >= 0.6 is 0 Å². The molecule has 2 aliphatic heterocycles. The Balaban J connectivity index is 1.53. The molecule has 2 atom stereocenters. The Morgan fingerprint density at radius 3 is 2.76 bits per heavy atom. The number of carbonyl (C=O) groups excluding carboxylic acids is 1. The number of aryl methyl sites for hydroxylation is 1. The van der Waals surface area contributed by atoms with Gasteiger partial charge in [0.1, 0.15) is 6.61 Å². The van der Waals surface area contributed by atoms with E-state index in [2.05, 4.69) is 0 Å². The van der Waals surface area contributed by atoms with Gasteiger partial charge in [0.05, 0.1) is 30.2 Å². The van der Waals surface area contributed by atoms with Gasteiger partial charge in [-0.3, -0.25) is 15.0 Å². The van der Waals surface area contributed by atoms with Crippen molar-refractivity contribution in [3.8, 4) is 0 Å². The van der Waals surface area contributed by atoms with Crippen molar-refractivity contribution in [3.05, 3.63) is 81.4 Å². The molecule has 0 radical (unpaired) electrons. The number of hydrogen-bond acceptors (Lipinski definition) is 5. The predicted molar refractivity (Wildman–Crippen MR) is 107 cm³/mol. The van der Waals surface area contributed by atoms with E-state index in [1.165, 1.54) is 0 Å². The third-order valence-electron chi connectivity index (χ3n) is 5.39. The maximum atomic E-state index is 12.7. The zero-order valence-corrected chi connectivity index (χ0v) is 16.1. The molecule has 2 heterocycles. The third-order valence-corrected chi connectivity index (χ3v) is 5.39. The molecule has 0 aromatic heterocycles. The van der Waals surface area contributed by atoms with E-state index in [0.29, 0.717) is 25.2 Å². The number of morpholine rings is 1. The van der Waals surface area contributed by atoms with Crippen LogP contribution in [0.3, 0.4) is 0 Å². The van der Waals surface area contributed by atoms with Crippen molar-refractivity contribution in [1.82, 2.24) is 4.90 Å².